The number of anilines is 1. The Morgan fingerprint density at radius 2 is 1.58 bits per heavy atom. The highest BCUT2D eigenvalue weighted by atomic mass is 19.3. The van der Waals surface area contributed by atoms with Crippen molar-refractivity contribution in [3.8, 4) is 0 Å². The minimum absolute atomic E-state index is 0.161. The van der Waals surface area contributed by atoms with Gasteiger partial charge in [-0.25, -0.2) is 13.6 Å². The second-order valence-corrected chi connectivity index (χ2v) is 9.72. The molecule has 5 N–H and O–H groups in total. The maximum absolute atomic E-state index is 13.0. The Morgan fingerprint density at radius 3 is 1.97 bits per heavy atom. The van der Waals surface area contributed by atoms with E-state index in [1.165, 1.54) is 55.4 Å². The van der Waals surface area contributed by atoms with E-state index in [0.717, 1.165) is 25.7 Å². The number of carboxylic acids is 1. The third-order valence-corrected chi connectivity index (χ3v) is 7.93. The average molecular weight is 465 g/mol. The minimum Gasteiger partial charge on any atom is -0.478 e. The van der Waals surface area contributed by atoms with Crippen LogP contribution in [0.4, 0.5) is 14.5 Å². The van der Waals surface area contributed by atoms with Crippen molar-refractivity contribution in [2.75, 3.05) is 12.3 Å². The lowest BCUT2D eigenvalue weighted by Crippen LogP contribution is -2.66. The standard InChI is InChI=1S/C16H23F2N.C7H7NO2.2C2H6/c17-13(18)16-8-15(9-16,10-16)12-6-14(3-1-4-14)5-2-11(12)7-19;8-6-3-1-5(2-4-6)7(9)10;2*1-2/h13H,1-10,19H2;1-4H,8H2,(H,9,10);2*1-2H3. The number of hydrogen-bond acceptors (Lipinski definition) is 3. The van der Waals surface area contributed by atoms with Crippen molar-refractivity contribution in [3.63, 3.8) is 0 Å². The third-order valence-electron chi connectivity index (χ3n) is 7.93. The molecule has 186 valence electrons. The van der Waals surface area contributed by atoms with Crippen LogP contribution in [0, 0.1) is 16.2 Å². The Hall–Kier alpha value is -1.95. The first-order valence-corrected chi connectivity index (χ1v) is 12.5. The lowest BCUT2D eigenvalue weighted by Gasteiger charge is -2.72. The summed E-state index contributed by atoms with van der Waals surface area (Å²) in [6.07, 6.45) is 7.78. The van der Waals surface area contributed by atoms with Crippen LogP contribution in [0.1, 0.15) is 95.8 Å². The Morgan fingerprint density at radius 1 is 1.03 bits per heavy atom. The summed E-state index contributed by atoms with van der Waals surface area (Å²) in [6, 6.07) is 6.06. The van der Waals surface area contributed by atoms with Crippen LogP contribution in [0.5, 0.6) is 0 Å². The maximum Gasteiger partial charge on any atom is 0.335 e. The van der Waals surface area contributed by atoms with Gasteiger partial charge in [0.1, 0.15) is 0 Å². The molecule has 5 aliphatic rings. The lowest BCUT2D eigenvalue weighted by molar-refractivity contribution is -0.250. The topological polar surface area (TPSA) is 89.3 Å². The van der Waals surface area contributed by atoms with Gasteiger partial charge in [0.2, 0.25) is 6.43 Å². The van der Waals surface area contributed by atoms with E-state index in [0.29, 0.717) is 17.6 Å². The molecule has 5 aliphatic carbocycles. The first-order chi connectivity index (χ1) is 15.7. The summed E-state index contributed by atoms with van der Waals surface area (Å²) in [5.74, 6) is -0.931. The van der Waals surface area contributed by atoms with E-state index in [-0.39, 0.29) is 11.0 Å². The van der Waals surface area contributed by atoms with Gasteiger partial charge in [-0.3, -0.25) is 0 Å². The van der Waals surface area contributed by atoms with Gasteiger partial charge in [-0.2, -0.15) is 0 Å². The van der Waals surface area contributed by atoms with Crippen LogP contribution in [0.15, 0.2) is 35.4 Å². The molecule has 0 radical (unpaired) electrons. The van der Waals surface area contributed by atoms with Gasteiger partial charge in [0.25, 0.3) is 0 Å². The third kappa shape index (κ3) is 5.26. The van der Waals surface area contributed by atoms with Crippen molar-refractivity contribution in [1.29, 1.82) is 0 Å². The minimum atomic E-state index is -2.11. The molecule has 4 saturated carbocycles. The lowest BCUT2D eigenvalue weighted by atomic mass is 9.31. The molecule has 1 aromatic rings. The smallest absolute Gasteiger partial charge is 0.335 e. The van der Waals surface area contributed by atoms with Gasteiger partial charge >= 0.3 is 5.97 Å². The Kier molecular flexibility index (Phi) is 9.09. The highest BCUT2D eigenvalue weighted by Gasteiger charge is 2.73. The molecular weight excluding hydrogens is 422 g/mol. The fourth-order valence-corrected chi connectivity index (χ4v) is 6.09. The Bertz CT molecular complexity index is 809. The van der Waals surface area contributed by atoms with Crippen molar-refractivity contribution in [3.05, 3.63) is 41.0 Å². The number of alkyl halides is 2. The van der Waals surface area contributed by atoms with E-state index >= 15 is 0 Å². The second-order valence-electron chi connectivity index (χ2n) is 9.72. The van der Waals surface area contributed by atoms with Crippen LogP contribution < -0.4 is 11.5 Å². The van der Waals surface area contributed by atoms with E-state index < -0.39 is 17.8 Å². The molecule has 1 aromatic carbocycles. The summed E-state index contributed by atoms with van der Waals surface area (Å²) in [7, 11) is 0. The Labute approximate surface area is 197 Å². The number of nitrogen functional groups attached to an aromatic ring is 1. The number of carboxylic acid groups (broad SMARTS) is 1. The fourth-order valence-electron chi connectivity index (χ4n) is 6.09. The van der Waals surface area contributed by atoms with Crippen molar-refractivity contribution >= 4 is 11.7 Å². The predicted molar refractivity (Wildman–Crippen MR) is 131 cm³/mol. The molecule has 0 amide bonds. The van der Waals surface area contributed by atoms with Crippen LogP contribution in [-0.4, -0.2) is 24.0 Å². The molecule has 4 nitrogen and oxygen atoms in total. The molecule has 1 spiro atoms. The number of rotatable bonds is 4. The number of allylic oxidation sites excluding steroid dienone is 1. The van der Waals surface area contributed by atoms with Crippen molar-refractivity contribution in [1.82, 2.24) is 0 Å². The van der Waals surface area contributed by atoms with Crippen molar-refractivity contribution in [2.24, 2.45) is 22.0 Å². The van der Waals surface area contributed by atoms with Gasteiger partial charge in [-0.05, 0) is 86.5 Å². The van der Waals surface area contributed by atoms with Gasteiger partial charge in [-0.15, -0.1) is 0 Å². The second kappa shape index (κ2) is 11.0. The molecule has 6 heteroatoms. The normalized spacial score (nSPS) is 27.9. The zero-order chi connectivity index (χ0) is 24.9. The molecule has 0 atom stereocenters. The largest absolute Gasteiger partial charge is 0.478 e. The van der Waals surface area contributed by atoms with Gasteiger partial charge < -0.3 is 16.6 Å². The number of nitrogens with two attached hydrogens (primary N) is 2. The number of aromatic carboxylic acids is 1. The molecule has 6 rings (SSSR count). The maximum atomic E-state index is 13.0. The predicted octanol–water partition coefficient (Wildman–Crippen LogP) is 7.05. The number of hydrogen-bond donors (Lipinski definition) is 3. The van der Waals surface area contributed by atoms with Crippen LogP contribution in [0.2, 0.25) is 0 Å². The summed E-state index contributed by atoms with van der Waals surface area (Å²) >= 11 is 0. The van der Waals surface area contributed by atoms with Crippen LogP contribution in [0.25, 0.3) is 0 Å². The van der Waals surface area contributed by atoms with Gasteiger partial charge in [-0.1, -0.05) is 45.3 Å². The first-order valence-electron chi connectivity index (χ1n) is 12.5. The zero-order valence-electron chi connectivity index (χ0n) is 20.7. The summed E-state index contributed by atoms with van der Waals surface area (Å²) < 4.78 is 26.0. The molecule has 0 unspecified atom stereocenters. The SMILES string of the molecule is CC.CC.NCC1=C(C23CC(C(F)F)(C2)C3)CC2(CCC2)CC1.Nc1ccc(C(=O)O)cc1. The van der Waals surface area contributed by atoms with E-state index in [2.05, 4.69) is 0 Å². The van der Waals surface area contributed by atoms with Gasteiger partial charge in [0.05, 0.1) is 5.56 Å². The van der Waals surface area contributed by atoms with Gasteiger partial charge in [0.15, 0.2) is 0 Å². The van der Waals surface area contributed by atoms with E-state index in [4.69, 9.17) is 16.6 Å². The van der Waals surface area contributed by atoms with E-state index in [9.17, 15) is 13.6 Å². The van der Waals surface area contributed by atoms with Gasteiger partial charge in [0, 0.05) is 17.6 Å². The summed E-state index contributed by atoms with van der Waals surface area (Å²) in [5, 5.41) is 8.43. The molecular formula is C27H42F2N2O2. The number of carbonyl (C=O) groups is 1. The van der Waals surface area contributed by atoms with Crippen LogP contribution in [-0.2, 0) is 0 Å². The molecule has 4 fully saturated rings. The molecule has 0 aliphatic heterocycles. The van der Waals surface area contributed by atoms with Crippen LogP contribution in [0.3, 0.4) is 0 Å². The fraction of sp³-hybridized carbons (Fsp3) is 0.667. The number of benzene rings is 1. The Balaban J connectivity index is 0.000000235. The molecule has 0 heterocycles. The van der Waals surface area contributed by atoms with Crippen LogP contribution >= 0.6 is 0 Å². The molecule has 2 bridgehead atoms. The summed E-state index contributed by atoms with van der Waals surface area (Å²) in [5.41, 5.74) is 15.1. The molecule has 0 aromatic heterocycles. The number of halogens is 2. The molecule has 33 heavy (non-hydrogen) atoms. The van der Waals surface area contributed by atoms with E-state index in [1.54, 1.807) is 12.1 Å². The average Bonchev–Trinajstić information content (AvgIpc) is 2.74. The van der Waals surface area contributed by atoms with Crippen molar-refractivity contribution < 1.29 is 18.7 Å². The molecule has 0 saturated heterocycles. The quantitative estimate of drug-likeness (QED) is 0.329. The monoisotopic (exact) mass is 464 g/mol. The zero-order valence-corrected chi connectivity index (χ0v) is 20.7. The summed E-state index contributed by atoms with van der Waals surface area (Å²) in [4.78, 5) is 10.3. The van der Waals surface area contributed by atoms with E-state index in [1.807, 2.05) is 27.7 Å². The first kappa shape index (κ1) is 27.3. The van der Waals surface area contributed by atoms with Crippen molar-refractivity contribution in [2.45, 2.75) is 91.9 Å². The highest BCUT2D eigenvalue weighted by Crippen LogP contribution is 2.80. The summed E-state index contributed by atoms with van der Waals surface area (Å²) in [6.45, 7) is 8.65. The highest BCUT2D eigenvalue weighted by molar-refractivity contribution is 5.87.